The fourth-order valence-corrected chi connectivity index (χ4v) is 1.98. The van der Waals surface area contributed by atoms with E-state index in [1.807, 2.05) is 31.0 Å². The third kappa shape index (κ3) is 3.22. The number of rotatable bonds is 6. The third-order valence-corrected chi connectivity index (χ3v) is 3.53. The average Bonchev–Trinajstić information content (AvgIpc) is 2.37. The molecule has 0 saturated carbocycles. The van der Waals surface area contributed by atoms with Gasteiger partial charge in [0, 0.05) is 6.54 Å². The lowest BCUT2D eigenvalue weighted by Crippen LogP contribution is -2.37. The van der Waals surface area contributed by atoms with Crippen LogP contribution in [-0.2, 0) is 6.54 Å². The van der Waals surface area contributed by atoms with E-state index in [-0.39, 0.29) is 19.3 Å². The van der Waals surface area contributed by atoms with Gasteiger partial charge in [0.2, 0.25) is 0 Å². The van der Waals surface area contributed by atoms with Crippen molar-refractivity contribution < 1.29 is 14.9 Å². The molecule has 1 aromatic rings. The fraction of sp³-hybridized carbons (Fsp3) is 0.571. The van der Waals surface area contributed by atoms with Crippen LogP contribution < -0.4 is 4.74 Å². The third-order valence-electron chi connectivity index (χ3n) is 3.53. The molecule has 0 bridgehead atoms. The number of aliphatic hydroxyl groups excluding tert-OH is 2. The van der Waals surface area contributed by atoms with E-state index in [4.69, 9.17) is 14.9 Å². The lowest BCUT2D eigenvalue weighted by Gasteiger charge is -2.26. The molecule has 102 valence electrons. The van der Waals surface area contributed by atoms with Crippen LogP contribution in [0.1, 0.15) is 16.7 Å². The molecule has 0 unspecified atom stereocenters. The minimum Gasteiger partial charge on any atom is -0.496 e. The first-order valence-electron chi connectivity index (χ1n) is 6.10. The van der Waals surface area contributed by atoms with Crippen LogP contribution in [0.3, 0.4) is 0 Å². The summed E-state index contributed by atoms with van der Waals surface area (Å²) in [6, 6.07) is 3.77. The molecule has 0 aliphatic carbocycles. The number of hydrogen-bond donors (Lipinski definition) is 2. The van der Waals surface area contributed by atoms with Crippen molar-refractivity contribution >= 4 is 0 Å². The van der Waals surface area contributed by atoms with Crippen LogP contribution in [0.2, 0.25) is 0 Å². The Hall–Kier alpha value is -1.10. The molecule has 2 N–H and O–H groups in total. The predicted octanol–water partition coefficient (Wildman–Crippen LogP) is 1.10. The van der Waals surface area contributed by atoms with Gasteiger partial charge in [-0.3, -0.25) is 4.90 Å². The summed E-state index contributed by atoms with van der Waals surface area (Å²) in [5.41, 5.74) is 3.51. The van der Waals surface area contributed by atoms with Gasteiger partial charge in [0.15, 0.2) is 0 Å². The Morgan fingerprint density at radius 3 is 2.28 bits per heavy atom. The number of aliphatic hydroxyl groups is 2. The molecular weight excluding hydrogens is 230 g/mol. The van der Waals surface area contributed by atoms with E-state index in [0.717, 1.165) is 11.3 Å². The Kier molecular flexibility index (Phi) is 5.59. The highest BCUT2D eigenvalue weighted by atomic mass is 16.5. The number of methoxy groups -OCH3 is 1. The van der Waals surface area contributed by atoms with Crippen LogP contribution in [0.4, 0.5) is 0 Å². The molecule has 0 saturated heterocycles. The first-order chi connectivity index (χ1) is 8.54. The topological polar surface area (TPSA) is 52.9 Å². The second kappa shape index (κ2) is 6.73. The van der Waals surface area contributed by atoms with E-state index in [0.29, 0.717) is 6.54 Å². The van der Waals surface area contributed by atoms with E-state index >= 15 is 0 Å². The van der Waals surface area contributed by atoms with Crippen molar-refractivity contribution in [2.24, 2.45) is 0 Å². The number of nitrogens with zero attached hydrogens (tertiary/aromatic N) is 1. The molecule has 1 aromatic carbocycles. The molecule has 0 aliphatic heterocycles. The minimum absolute atomic E-state index is 0.0405. The molecule has 0 aliphatic rings. The summed E-state index contributed by atoms with van der Waals surface area (Å²) in [4.78, 5) is 1.95. The molecule has 0 atom stereocenters. The standard InChI is InChI=1S/C14H23NO3/c1-10-11(2)14(18-4)6-5-12(10)7-15(3)13(8-16)9-17/h5-6,13,16-17H,7-9H2,1-4H3. The van der Waals surface area contributed by atoms with Crippen LogP contribution in [-0.4, -0.2) is 48.5 Å². The Bertz CT molecular complexity index is 389. The molecule has 0 aromatic heterocycles. The van der Waals surface area contributed by atoms with Crippen molar-refractivity contribution in [1.82, 2.24) is 4.90 Å². The van der Waals surface area contributed by atoms with Crippen molar-refractivity contribution in [3.05, 3.63) is 28.8 Å². The van der Waals surface area contributed by atoms with Gasteiger partial charge in [-0.05, 0) is 43.7 Å². The molecule has 18 heavy (non-hydrogen) atoms. The van der Waals surface area contributed by atoms with Crippen LogP contribution in [0.15, 0.2) is 12.1 Å². The van der Waals surface area contributed by atoms with E-state index in [1.54, 1.807) is 7.11 Å². The molecule has 1 rings (SSSR count). The maximum Gasteiger partial charge on any atom is 0.122 e. The molecule has 0 heterocycles. The molecular formula is C14H23NO3. The molecule has 4 nitrogen and oxygen atoms in total. The first-order valence-corrected chi connectivity index (χ1v) is 6.10. The Morgan fingerprint density at radius 1 is 1.17 bits per heavy atom. The molecule has 0 amide bonds. The van der Waals surface area contributed by atoms with E-state index in [2.05, 4.69) is 6.92 Å². The molecule has 0 fully saturated rings. The van der Waals surface area contributed by atoms with Crippen molar-refractivity contribution in [1.29, 1.82) is 0 Å². The van der Waals surface area contributed by atoms with E-state index in [1.165, 1.54) is 11.1 Å². The van der Waals surface area contributed by atoms with Crippen molar-refractivity contribution in [3.8, 4) is 5.75 Å². The van der Waals surface area contributed by atoms with Crippen LogP contribution in [0, 0.1) is 13.8 Å². The summed E-state index contributed by atoms with van der Waals surface area (Å²) in [6.07, 6.45) is 0. The van der Waals surface area contributed by atoms with Crippen LogP contribution >= 0.6 is 0 Å². The van der Waals surface area contributed by atoms with Crippen molar-refractivity contribution in [2.75, 3.05) is 27.4 Å². The summed E-state index contributed by atoms with van der Waals surface area (Å²) in [7, 11) is 3.57. The van der Waals surface area contributed by atoms with Crippen molar-refractivity contribution in [3.63, 3.8) is 0 Å². The van der Waals surface area contributed by atoms with E-state index < -0.39 is 0 Å². The maximum absolute atomic E-state index is 9.16. The second-order valence-corrected chi connectivity index (χ2v) is 4.61. The Labute approximate surface area is 109 Å². The van der Waals surface area contributed by atoms with Crippen LogP contribution in [0.5, 0.6) is 5.75 Å². The van der Waals surface area contributed by atoms with Crippen molar-refractivity contribution in [2.45, 2.75) is 26.4 Å². The van der Waals surface area contributed by atoms with Gasteiger partial charge in [0.25, 0.3) is 0 Å². The number of likely N-dealkylation sites (N-methyl/N-ethyl adjacent to an activating group) is 1. The van der Waals surface area contributed by atoms with Gasteiger partial charge < -0.3 is 14.9 Å². The SMILES string of the molecule is COc1ccc(CN(C)C(CO)CO)c(C)c1C. The lowest BCUT2D eigenvalue weighted by atomic mass is 10.0. The molecule has 4 heteroatoms. The summed E-state index contributed by atoms with van der Waals surface area (Å²) in [6.45, 7) is 4.71. The Morgan fingerprint density at radius 2 is 1.78 bits per heavy atom. The average molecular weight is 253 g/mol. The summed E-state index contributed by atoms with van der Waals surface area (Å²) >= 11 is 0. The zero-order chi connectivity index (χ0) is 13.7. The highest BCUT2D eigenvalue weighted by Gasteiger charge is 2.15. The number of ether oxygens (including phenoxy) is 1. The summed E-state index contributed by atoms with van der Waals surface area (Å²) in [5.74, 6) is 0.889. The maximum atomic E-state index is 9.16. The van der Waals surface area contributed by atoms with Gasteiger partial charge >= 0.3 is 0 Å². The van der Waals surface area contributed by atoms with Gasteiger partial charge in [-0.1, -0.05) is 6.07 Å². The second-order valence-electron chi connectivity index (χ2n) is 4.61. The molecule has 0 radical (unpaired) electrons. The van der Waals surface area contributed by atoms with Gasteiger partial charge in [-0.2, -0.15) is 0 Å². The van der Waals surface area contributed by atoms with Gasteiger partial charge in [-0.15, -0.1) is 0 Å². The zero-order valence-electron chi connectivity index (χ0n) is 11.6. The normalized spacial score (nSPS) is 11.3. The lowest BCUT2D eigenvalue weighted by molar-refractivity contribution is 0.0872. The Balaban J connectivity index is 2.88. The van der Waals surface area contributed by atoms with Gasteiger partial charge in [0.05, 0.1) is 26.4 Å². The summed E-state index contributed by atoms with van der Waals surface area (Å²) in [5, 5.41) is 18.3. The van der Waals surface area contributed by atoms with Crippen LogP contribution in [0.25, 0.3) is 0 Å². The largest absolute Gasteiger partial charge is 0.496 e. The number of benzene rings is 1. The smallest absolute Gasteiger partial charge is 0.122 e. The monoisotopic (exact) mass is 253 g/mol. The minimum atomic E-state index is -0.216. The predicted molar refractivity (Wildman–Crippen MR) is 71.9 cm³/mol. The zero-order valence-corrected chi connectivity index (χ0v) is 11.6. The number of hydrogen-bond acceptors (Lipinski definition) is 4. The highest BCUT2D eigenvalue weighted by molar-refractivity contribution is 5.43. The first kappa shape index (κ1) is 15.0. The van der Waals surface area contributed by atoms with Gasteiger partial charge in [-0.25, -0.2) is 0 Å². The fourth-order valence-electron chi connectivity index (χ4n) is 1.98. The van der Waals surface area contributed by atoms with E-state index in [9.17, 15) is 0 Å². The molecule has 0 spiro atoms. The quantitative estimate of drug-likeness (QED) is 0.797. The summed E-state index contributed by atoms with van der Waals surface area (Å²) < 4.78 is 5.28. The highest BCUT2D eigenvalue weighted by Crippen LogP contribution is 2.24. The van der Waals surface area contributed by atoms with Gasteiger partial charge in [0.1, 0.15) is 5.75 Å².